The Bertz CT molecular complexity index is 446. The third kappa shape index (κ3) is 4.23. The number of aryl methyl sites for hydroxylation is 1. The molecule has 0 saturated heterocycles. The fourth-order valence-corrected chi connectivity index (χ4v) is 2.01. The average Bonchev–Trinajstić information content (AvgIpc) is 2.44. The Hall–Kier alpha value is -1.55. The lowest BCUT2D eigenvalue weighted by atomic mass is 10.1. The summed E-state index contributed by atoms with van der Waals surface area (Å²) in [7, 11) is 3.46. The van der Waals surface area contributed by atoms with E-state index >= 15 is 0 Å². The molecule has 0 fully saturated rings. The zero-order valence-corrected chi connectivity index (χ0v) is 13.2. The van der Waals surface area contributed by atoms with Crippen LogP contribution >= 0.6 is 0 Å². The highest BCUT2D eigenvalue weighted by atomic mass is 16.5. The van der Waals surface area contributed by atoms with Gasteiger partial charge in [-0.3, -0.25) is 4.79 Å². The van der Waals surface area contributed by atoms with E-state index in [4.69, 9.17) is 4.74 Å². The first-order valence-electron chi connectivity index (χ1n) is 7.11. The summed E-state index contributed by atoms with van der Waals surface area (Å²) >= 11 is 0. The molecule has 1 amide bonds. The summed E-state index contributed by atoms with van der Waals surface area (Å²) in [5.41, 5.74) is 2.91. The lowest BCUT2D eigenvalue weighted by Crippen LogP contribution is -2.37. The summed E-state index contributed by atoms with van der Waals surface area (Å²) in [5.74, 6) is 0.0275. The van der Waals surface area contributed by atoms with Gasteiger partial charge in [0.2, 0.25) is 0 Å². The average molecular weight is 278 g/mol. The summed E-state index contributed by atoms with van der Waals surface area (Å²) < 4.78 is 5.09. The number of carbonyl (C=O) groups excluding carboxylic acids is 1. The maximum Gasteiger partial charge on any atom is 0.253 e. The van der Waals surface area contributed by atoms with E-state index < -0.39 is 0 Å². The van der Waals surface area contributed by atoms with Gasteiger partial charge in [0.1, 0.15) is 0 Å². The lowest BCUT2D eigenvalue weighted by Gasteiger charge is -2.24. The number of anilines is 1. The quantitative estimate of drug-likeness (QED) is 0.834. The number of hydrogen-bond donors (Lipinski definition) is 1. The number of amides is 1. The number of nitrogens with one attached hydrogen (secondary N) is 1. The molecule has 1 rings (SSSR count). The minimum absolute atomic E-state index is 0.0275. The third-order valence-corrected chi connectivity index (χ3v) is 3.43. The summed E-state index contributed by atoms with van der Waals surface area (Å²) in [6.45, 7) is 7.61. The zero-order chi connectivity index (χ0) is 15.1. The van der Waals surface area contributed by atoms with Gasteiger partial charge < -0.3 is 15.0 Å². The van der Waals surface area contributed by atoms with Crippen LogP contribution in [0, 0.1) is 6.92 Å². The summed E-state index contributed by atoms with van der Waals surface area (Å²) in [5, 5.41) is 3.36. The van der Waals surface area contributed by atoms with Crippen LogP contribution in [0.1, 0.15) is 36.2 Å². The van der Waals surface area contributed by atoms with E-state index in [0.29, 0.717) is 6.61 Å². The Morgan fingerprint density at radius 1 is 1.45 bits per heavy atom. The van der Waals surface area contributed by atoms with Gasteiger partial charge in [0, 0.05) is 32.0 Å². The number of methoxy groups -OCH3 is 1. The molecule has 0 aromatic heterocycles. The van der Waals surface area contributed by atoms with E-state index in [1.54, 1.807) is 12.0 Å². The molecule has 0 saturated carbocycles. The minimum atomic E-state index is 0.0275. The molecule has 0 heterocycles. The van der Waals surface area contributed by atoms with Crippen LogP contribution in [0.2, 0.25) is 0 Å². The largest absolute Gasteiger partial charge is 0.385 e. The van der Waals surface area contributed by atoms with E-state index in [2.05, 4.69) is 12.2 Å². The van der Waals surface area contributed by atoms with Gasteiger partial charge in [0.25, 0.3) is 5.91 Å². The SMILES string of the molecule is CCCNc1ccc(C(=O)N(C)C(C)COC)cc1C. The van der Waals surface area contributed by atoms with Crippen LogP contribution in [0.15, 0.2) is 18.2 Å². The van der Waals surface area contributed by atoms with Crippen molar-refractivity contribution < 1.29 is 9.53 Å². The van der Waals surface area contributed by atoms with Gasteiger partial charge in [-0.25, -0.2) is 0 Å². The molecular weight excluding hydrogens is 252 g/mol. The van der Waals surface area contributed by atoms with E-state index in [0.717, 1.165) is 29.8 Å². The van der Waals surface area contributed by atoms with Crippen molar-refractivity contribution in [3.63, 3.8) is 0 Å². The molecule has 0 aliphatic carbocycles. The summed E-state index contributed by atoms with van der Waals surface area (Å²) in [4.78, 5) is 14.1. The van der Waals surface area contributed by atoms with Crippen molar-refractivity contribution in [3.05, 3.63) is 29.3 Å². The molecule has 0 bridgehead atoms. The Morgan fingerprint density at radius 3 is 2.70 bits per heavy atom. The molecule has 20 heavy (non-hydrogen) atoms. The number of rotatable bonds is 7. The summed E-state index contributed by atoms with van der Waals surface area (Å²) in [6, 6.07) is 5.86. The highest BCUT2D eigenvalue weighted by molar-refractivity contribution is 5.95. The van der Waals surface area contributed by atoms with Crippen molar-refractivity contribution in [2.45, 2.75) is 33.2 Å². The highest BCUT2D eigenvalue weighted by Crippen LogP contribution is 2.18. The van der Waals surface area contributed by atoms with Gasteiger partial charge in [-0.1, -0.05) is 6.92 Å². The maximum atomic E-state index is 12.4. The minimum Gasteiger partial charge on any atom is -0.385 e. The van der Waals surface area contributed by atoms with Gasteiger partial charge in [-0.2, -0.15) is 0 Å². The fourth-order valence-electron chi connectivity index (χ4n) is 2.01. The topological polar surface area (TPSA) is 41.6 Å². The van der Waals surface area contributed by atoms with Crippen molar-refractivity contribution in [1.82, 2.24) is 4.90 Å². The Balaban J connectivity index is 2.81. The normalized spacial score (nSPS) is 12.1. The standard InChI is InChI=1S/C16H26N2O2/c1-6-9-17-15-8-7-14(10-12(15)2)16(19)18(4)13(3)11-20-5/h7-8,10,13,17H,6,9,11H2,1-5H3. The first-order chi connectivity index (χ1) is 9.51. The molecule has 4 nitrogen and oxygen atoms in total. The number of nitrogens with zero attached hydrogens (tertiary/aromatic N) is 1. The monoisotopic (exact) mass is 278 g/mol. The van der Waals surface area contributed by atoms with Crippen LogP contribution < -0.4 is 5.32 Å². The summed E-state index contributed by atoms with van der Waals surface area (Å²) in [6.07, 6.45) is 1.08. The van der Waals surface area contributed by atoms with Crippen LogP contribution in [-0.2, 0) is 4.74 Å². The molecule has 1 N–H and O–H groups in total. The van der Waals surface area contributed by atoms with Crippen molar-refractivity contribution in [2.24, 2.45) is 0 Å². The number of benzene rings is 1. The smallest absolute Gasteiger partial charge is 0.253 e. The molecule has 0 spiro atoms. The Labute approximate surface area is 122 Å². The molecule has 0 aliphatic heterocycles. The lowest BCUT2D eigenvalue weighted by molar-refractivity contribution is 0.0633. The number of carbonyl (C=O) groups is 1. The molecular formula is C16H26N2O2. The predicted octanol–water partition coefficient (Wildman–Crippen LogP) is 2.92. The molecule has 0 radical (unpaired) electrons. The fraction of sp³-hybridized carbons (Fsp3) is 0.562. The molecule has 4 heteroatoms. The van der Waals surface area contributed by atoms with Crippen LogP contribution in [0.4, 0.5) is 5.69 Å². The van der Waals surface area contributed by atoms with Crippen LogP contribution in [0.5, 0.6) is 0 Å². The van der Waals surface area contributed by atoms with Crippen molar-refractivity contribution in [2.75, 3.05) is 32.6 Å². The van der Waals surface area contributed by atoms with Crippen LogP contribution in [0.3, 0.4) is 0 Å². The number of likely N-dealkylation sites (N-methyl/N-ethyl adjacent to an activating group) is 1. The predicted molar refractivity (Wildman–Crippen MR) is 83.4 cm³/mol. The van der Waals surface area contributed by atoms with Crippen molar-refractivity contribution in [3.8, 4) is 0 Å². The molecule has 0 aliphatic rings. The second-order valence-corrected chi connectivity index (χ2v) is 5.18. The van der Waals surface area contributed by atoms with Crippen LogP contribution in [0.25, 0.3) is 0 Å². The van der Waals surface area contributed by atoms with E-state index in [-0.39, 0.29) is 11.9 Å². The first-order valence-corrected chi connectivity index (χ1v) is 7.11. The highest BCUT2D eigenvalue weighted by Gasteiger charge is 2.17. The zero-order valence-electron chi connectivity index (χ0n) is 13.2. The van der Waals surface area contributed by atoms with E-state index in [1.165, 1.54) is 0 Å². The third-order valence-electron chi connectivity index (χ3n) is 3.43. The van der Waals surface area contributed by atoms with Crippen LogP contribution in [-0.4, -0.2) is 44.2 Å². The van der Waals surface area contributed by atoms with Gasteiger partial charge in [-0.15, -0.1) is 0 Å². The molecule has 1 aromatic carbocycles. The van der Waals surface area contributed by atoms with Gasteiger partial charge in [0.15, 0.2) is 0 Å². The van der Waals surface area contributed by atoms with E-state index in [1.807, 2.05) is 39.1 Å². The Kier molecular flexibility index (Phi) is 6.52. The molecule has 1 atom stereocenters. The second-order valence-electron chi connectivity index (χ2n) is 5.18. The van der Waals surface area contributed by atoms with Crippen molar-refractivity contribution in [1.29, 1.82) is 0 Å². The van der Waals surface area contributed by atoms with Gasteiger partial charge >= 0.3 is 0 Å². The number of hydrogen-bond acceptors (Lipinski definition) is 3. The molecule has 1 aromatic rings. The van der Waals surface area contributed by atoms with Gasteiger partial charge in [0.05, 0.1) is 12.6 Å². The van der Waals surface area contributed by atoms with Gasteiger partial charge in [-0.05, 0) is 44.0 Å². The van der Waals surface area contributed by atoms with E-state index in [9.17, 15) is 4.79 Å². The second kappa shape index (κ2) is 7.90. The Morgan fingerprint density at radius 2 is 2.15 bits per heavy atom. The number of ether oxygens (including phenoxy) is 1. The molecule has 1 unspecified atom stereocenters. The first kappa shape index (κ1) is 16.5. The molecule has 112 valence electrons. The maximum absolute atomic E-state index is 12.4. The van der Waals surface area contributed by atoms with Crippen molar-refractivity contribution >= 4 is 11.6 Å².